The lowest BCUT2D eigenvalue weighted by molar-refractivity contribution is 0.182. The van der Waals surface area contributed by atoms with E-state index < -0.39 is 0 Å². The number of nitrogens with zero attached hydrogens (tertiary/aromatic N) is 4. The molecular formula is C19H36N6O. The highest BCUT2D eigenvalue weighted by Crippen LogP contribution is 2.16. The third-order valence-electron chi connectivity index (χ3n) is 5.19. The Morgan fingerprint density at radius 2 is 2.12 bits per heavy atom. The molecule has 7 nitrogen and oxygen atoms in total. The molecule has 1 aromatic rings. The number of guanidine groups is 1. The van der Waals surface area contributed by atoms with Crippen molar-refractivity contribution in [1.82, 2.24) is 25.3 Å². The second-order valence-electron chi connectivity index (χ2n) is 6.87. The monoisotopic (exact) mass is 364 g/mol. The fourth-order valence-electron chi connectivity index (χ4n) is 3.62. The van der Waals surface area contributed by atoms with Crippen molar-refractivity contribution in [1.29, 1.82) is 0 Å². The highest BCUT2D eigenvalue weighted by molar-refractivity contribution is 5.79. The average Bonchev–Trinajstić information content (AvgIpc) is 3.20. The van der Waals surface area contributed by atoms with Crippen LogP contribution >= 0.6 is 0 Å². The maximum atomic E-state index is 5.17. The number of nitrogens with one attached hydrogen (secondary N) is 2. The molecule has 7 heteroatoms. The third-order valence-corrected chi connectivity index (χ3v) is 5.19. The van der Waals surface area contributed by atoms with E-state index in [1.807, 2.05) is 4.68 Å². The van der Waals surface area contributed by atoms with Crippen LogP contribution in [0.25, 0.3) is 0 Å². The number of methoxy groups -OCH3 is 1. The summed E-state index contributed by atoms with van der Waals surface area (Å²) >= 11 is 0. The van der Waals surface area contributed by atoms with Crippen LogP contribution in [-0.4, -0.2) is 66.6 Å². The van der Waals surface area contributed by atoms with Crippen molar-refractivity contribution >= 4 is 5.96 Å². The minimum absolute atomic E-state index is 0.615. The van der Waals surface area contributed by atoms with Crippen LogP contribution in [0, 0.1) is 13.8 Å². The summed E-state index contributed by atoms with van der Waals surface area (Å²) < 4.78 is 7.18. The summed E-state index contributed by atoms with van der Waals surface area (Å²) in [7, 11) is 1.72. The Morgan fingerprint density at radius 1 is 1.31 bits per heavy atom. The van der Waals surface area contributed by atoms with Crippen LogP contribution in [0.2, 0.25) is 0 Å². The first kappa shape index (κ1) is 20.7. The van der Waals surface area contributed by atoms with E-state index in [4.69, 9.17) is 9.73 Å². The molecule has 148 valence electrons. The standard InChI is InChI=1S/C19H36N6O/c1-6-20-19(21-13-17-9-8-10-24(17)7-2)22-14-18-15(3)23-25(16(18)4)11-12-26-5/h17H,6-14H2,1-5H3,(H2,20,21,22). The number of likely N-dealkylation sites (tertiary alicyclic amines) is 1. The topological polar surface area (TPSA) is 66.7 Å². The lowest BCUT2D eigenvalue weighted by atomic mass is 10.2. The largest absolute Gasteiger partial charge is 0.383 e. The van der Waals surface area contributed by atoms with Crippen molar-refractivity contribution in [3.63, 3.8) is 0 Å². The minimum atomic E-state index is 0.615. The molecule has 2 N–H and O–H groups in total. The molecule has 2 rings (SSSR count). The Morgan fingerprint density at radius 3 is 2.81 bits per heavy atom. The first-order valence-corrected chi connectivity index (χ1v) is 9.88. The number of aromatic nitrogens is 2. The zero-order chi connectivity index (χ0) is 18.9. The van der Waals surface area contributed by atoms with Gasteiger partial charge in [0.25, 0.3) is 0 Å². The van der Waals surface area contributed by atoms with Crippen molar-refractivity contribution in [3.05, 3.63) is 17.0 Å². The van der Waals surface area contributed by atoms with E-state index in [-0.39, 0.29) is 0 Å². The van der Waals surface area contributed by atoms with E-state index in [9.17, 15) is 0 Å². The minimum Gasteiger partial charge on any atom is -0.383 e. The van der Waals surface area contributed by atoms with Gasteiger partial charge in [-0.2, -0.15) is 5.10 Å². The molecule has 1 unspecified atom stereocenters. The van der Waals surface area contributed by atoms with Crippen molar-refractivity contribution < 1.29 is 4.74 Å². The van der Waals surface area contributed by atoms with Crippen LogP contribution in [0.5, 0.6) is 0 Å². The van der Waals surface area contributed by atoms with Gasteiger partial charge in [-0.3, -0.25) is 9.58 Å². The zero-order valence-corrected chi connectivity index (χ0v) is 17.1. The quantitative estimate of drug-likeness (QED) is 0.516. The van der Waals surface area contributed by atoms with Crippen LogP contribution in [0.1, 0.15) is 43.6 Å². The first-order chi connectivity index (χ1) is 12.6. The van der Waals surface area contributed by atoms with Gasteiger partial charge in [0.2, 0.25) is 0 Å². The Hall–Kier alpha value is -1.60. The summed E-state index contributed by atoms with van der Waals surface area (Å²) in [5.74, 6) is 0.888. The SMILES string of the molecule is CCNC(=NCc1c(C)nn(CCOC)c1C)NCC1CCCN1CC. The third kappa shape index (κ3) is 5.45. The molecule has 0 radical (unpaired) electrons. The van der Waals surface area contributed by atoms with Gasteiger partial charge >= 0.3 is 0 Å². The van der Waals surface area contributed by atoms with E-state index in [1.54, 1.807) is 7.11 Å². The van der Waals surface area contributed by atoms with Gasteiger partial charge in [-0.25, -0.2) is 4.99 Å². The molecular weight excluding hydrogens is 328 g/mol. The maximum absolute atomic E-state index is 5.17. The molecule has 0 amide bonds. The van der Waals surface area contributed by atoms with E-state index in [0.717, 1.165) is 37.8 Å². The van der Waals surface area contributed by atoms with E-state index in [1.165, 1.54) is 30.6 Å². The van der Waals surface area contributed by atoms with Crippen LogP contribution in [-0.2, 0) is 17.8 Å². The number of hydrogen-bond acceptors (Lipinski definition) is 4. The lowest BCUT2D eigenvalue weighted by Crippen LogP contribution is -2.44. The number of hydrogen-bond donors (Lipinski definition) is 2. The summed E-state index contributed by atoms with van der Waals surface area (Å²) in [6, 6.07) is 0.615. The summed E-state index contributed by atoms with van der Waals surface area (Å²) in [5, 5.41) is 11.5. The second kappa shape index (κ2) is 10.5. The number of rotatable bonds is 9. The Kier molecular flexibility index (Phi) is 8.38. The molecule has 0 saturated carbocycles. The van der Waals surface area contributed by atoms with Crippen molar-refractivity contribution in [2.45, 2.75) is 59.7 Å². The van der Waals surface area contributed by atoms with Crippen molar-refractivity contribution in [2.24, 2.45) is 4.99 Å². The predicted molar refractivity (Wildman–Crippen MR) is 107 cm³/mol. The Bertz CT molecular complexity index is 583. The molecule has 1 saturated heterocycles. The maximum Gasteiger partial charge on any atom is 0.191 e. The van der Waals surface area contributed by atoms with Gasteiger partial charge in [-0.1, -0.05) is 6.92 Å². The van der Waals surface area contributed by atoms with Gasteiger partial charge in [0, 0.05) is 37.5 Å². The highest BCUT2D eigenvalue weighted by Gasteiger charge is 2.22. The molecule has 0 bridgehead atoms. The normalized spacial score (nSPS) is 18.5. The van der Waals surface area contributed by atoms with Gasteiger partial charge in [-0.05, 0) is 46.7 Å². The fourth-order valence-corrected chi connectivity index (χ4v) is 3.62. The van der Waals surface area contributed by atoms with Gasteiger partial charge in [0.15, 0.2) is 5.96 Å². The van der Waals surface area contributed by atoms with Gasteiger partial charge in [0.05, 0.1) is 25.4 Å². The molecule has 1 aliphatic heterocycles. The molecule has 1 aromatic heterocycles. The fraction of sp³-hybridized carbons (Fsp3) is 0.789. The number of ether oxygens (including phenoxy) is 1. The molecule has 0 spiro atoms. The van der Waals surface area contributed by atoms with Gasteiger partial charge < -0.3 is 15.4 Å². The van der Waals surface area contributed by atoms with Crippen LogP contribution in [0.3, 0.4) is 0 Å². The summed E-state index contributed by atoms with van der Waals surface area (Å²) in [6.45, 7) is 14.7. The summed E-state index contributed by atoms with van der Waals surface area (Å²) in [4.78, 5) is 7.35. The number of aryl methyl sites for hydroxylation is 1. The van der Waals surface area contributed by atoms with Crippen LogP contribution in [0.4, 0.5) is 0 Å². The Balaban J connectivity index is 1.99. The van der Waals surface area contributed by atoms with E-state index >= 15 is 0 Å². The molecule has 1 atom stereocenters. The van der Waals surface area contributed by atoms with E-state index in [2.05, 4.69) is 48.3 Å². The van der Waals surface area contributed by atoms with E-state index in [0.29, 0.717) is 19.2 Å². The average molecular weight is 365 g/mol. The number of aliphatic imine (C=N–C) groups is 1. The molecule has 0 aliphatic carbocycles. The molecule has 0 aromatic carbocycles. The molecule has 26 heavy (non-hydrogen) atoms. The van der Waals surface area contributed by atoms with Crippen molar-refractivity contribution in [3.8, 4) is 0 Å². The van der Waals surface area contributed by atoms with Gasteiger partial charge in [0.1, 0.15) is 0 Å². The molecule has 2 heterocycles. The number of likely N-dealkylation sites (N-methyl/N-ethyl adjacent to an activating group) is 1. The first-order valence-electron chi connectivity index (χ1n) is 9.88. The summed E-state index contributed by atoms with van der Waals surface area (Å²) in [6.07, 6.45) is 2.57. The predicted octanol–water partition coefficient (Wildman–Crippen LogP) is 1.69. The molecule has 1 aliphatic rings. The van der Waals surface area contributed by atoms with Crippen LogP contribution in [0.15, 0.2) is 4.99 Å². The van der Waals surface area contributed by atoms with Crippen molar-refractivity contribution in [2.75, 3.05) is 39.9 Å². The smallest absolute Gasteiger partial charge is 0.191 e. The highest BCUT2D eigenvalue weighted by atomic mass is 16.5. The summed E-state index contributed by atoms with van der Waals surface area (Å²) in [5.41, 5.74) is 3.42. The Labute approximate surface area is 158 Å². The van der Waals surface area contributed by atoms with Gasteiger partial charge in [-0.15, -0.1) is 0 Å². The zero-order valence-electron chi connectivity index (χ0n) is 17.1. The lowest BCUT2D eigenvalue weighted by Gasteiger charge is -2.24. The molecule has 1 fully saturated rings. The second-order valence-corrected chi connectivity index (χ2v) is 6.87. The van der Waals surface area contributed by atoms with Crippen LogP contribution < -0.4 is 10.6 Å².